The predicted molar refractivity (Wildman–Crippen MR) is 91.7 cm³/mol. The topological polar surface area (TPSA) is 66.3 Å². The molecule has 0 radical (unpaired) electrons. The Morgan fingerprint density at radius 2 is 2.04 bits per heavy atom. The molecule has 0 aliphatic rings. The summed E-state index contributed by atoms with van der Waals surface area (Å²) in [7, 11) is 0. The van der Waals surface area contributed by atoms with Crippen molar-refractivity contribution >= 4 is 17.5 Å². The summed E-state index contributed by atoms with van der Waals surface area (Å²) in [4.78, 5) is 5.78. The maximum Gasteiger partial charge on any atom is 0.232 e. The summed E-state index contributed by atoms with van der Waals surface area (Å²) < 4.78 is 5.70. The van der Waals surface area contributed by atoms with Gasteiger partial charge in [-0.3, -0.25) is 0 Å². The van der Waals surface area contributed by atoms with Gasteiger partial charge in [-0.1, -0.05) is 23.7 Å². The van der Waals surface area contributed by atoms with E-state index in [-0.39, 0.29) is 5.69 Å². The third-order valence-corrected chi connectivity index (χ3v) is 4.16. The molecule has 122 valence electrons. The Kier molecular flexibility index (Phi) is 6.45. The van der Waals surface area contributed by atoms with Crippen LogP contribution in [-0.4, -0.2) is 31.2 Å². The molecule has 0 bridgehead atoms. The Labute approximate surface area is 141 Å². The summed E-state index contributed by atoms with van der Waals surface area (Å²) in [6.07, 6.45) is 1.00. The van der Waals surface area contributed by atoms with Crippen LogP contribution in [0.3, 0.4) is 0 Å². The highest BCUT2D eigenvalue weighted by molar-refractivity contribution is 6.33. The first kappa shape index (κ1) is 17.3. The van der Waals surface area contributed by atoms with E-state index in [4.69, 9.17) is 16.0 Å². The molecule has 2 N–H and O–H groups in total. The Morgan fingerprint density at radius 3 is 2.70 bits per heavy atom. The van der Waals surface area contributed by atoms with Crippen molar-refractivity contribution in [3.05, 3.63) is 35.0 Å². The number of quaternary nitrogens is 1. The molecule has 5 nitrogen and oxygen atoms in total. The molecule has 1 heterocycles. The highest BCUT2D eigenvalue weighted by Crippen LogP contribution is 2.30. The third kappa shape index (κ3) is 4.47. The summed E-state index contributed by atoms with van der Waals surface area (Å²) in [6.45, 7) is 8.46. The van der Waals surface area contributed by atoms with Gasteiger partial charge < -0.3 is 14.6 Å². The fourth-order valence-electron chi connectivity index (χ4n) is 2.41. The Balaban J connectivity index is 2.03. The van der Waals surface area contributed by atoms with Gasteiger partial charge in [0.2, 0.25) is 17.5 Å². The average molecular weight is 334 g/mol. The van der Waals surface area contributed by atoms with Crippen molar-refractivity contribution in [2.24, 2.45) is 0 Å². The summed E-state index contributed by atoms with van der Waals surface area (Å²) in [6, 6.07) is 9.36. The van der Waals surface area contributed by atoms with Crippen LogP contribution >= 0.6 is 11.6 Å². The molecular formula is C17H22ClN4O+. The molecule has 0 aliphatic heterocycles. The predicted octanol–water partition coefficient (Wildman–Crippen LogP) is 2.59. The monoisotopic (exact) mass is 333 g/mol. The van der Waals surface area contributed by atoms with Gasteiger partial charge in [-0.2, -0.15) is 10.2 Å². The van der Waals surface area contributed by atoms with Crippen molar-refractivity contribution in [3.8, 4) is 17.5 Å². The fraction of sp³-hybridized carbons (Fsp3) is 0.412. The van der Waals surface area contributed by atoms with E-state index in [1.54, 1.807) is 11.0 Å². The number of hydrogen-bond acceptors (Lipinski definition) is 4. The van der Waals surface area contributed by atoms with Gasteiger partial charge in [0.05, 0.1) is 30.2 Å². The zero-order valence-corrected chi connectivity index (χ0v) is 14.3. The summed E-state index contributed by atoms with van der Waals surface area (Å²) >= 11 is 6.15. The second kappa shape index (κ2) is 8.56. The van der Waals surface area contributed by atoms with Crippen LogP contribution in [0.15, 0.2) is 28.7 Å². The van der Waals surface area contributed by atoms with Crippen LogP contribution < -0.4 is 10.2 Å². The average Bonchev–Trinajstić information content (AvgIpc) is 2.98. The number of aromatic nitrogens is 1. The molecular weight excluding hydrogens is 312 g/mol. The molecule has 0 amide bonds. The zero-order valence-electron chi connectivity index (χ0n) is 13.5. The van der Waals surface area contributed by atoms with E-state index in [9.17, 15) is 5.26 Å². The SMILES string of the molecule is CC[NH+](CC)CCCNc1oc(-c2ccccc2Cl)nc1C#N. The minimum Gasteiger partial charge on any atom is -0.419 e. The molecule has 1 aromatic carbocycles. The van der Waals surface area contributed by atoms with Crippen molar-refractivity contribution in [1.29, 1.82) is 5.26 Å². The molecule has 0 aliphatic carbocycles. The first-order valence-electron chi connectivity index (χ1n) is 7.92. The maximum atomic E-state index is 9.22. The molecule has 2 rings (SSSR count). The Bertz CT molecular complexity index is 673. The number of oxazole rings is 1. The lowest BCUT2D eigenvalue weighted by atomic mass is 10.2. The minimum absolute atomic E-state index is 0.259. The summed E-state index contributed by atoms with van der Waals surface area (Å²) in [5.74, 6) is 0.779. The third-order valence-electron chi connectivity index (χ3n) is 3.83. The molecule has 0 saturated heterocycles. The van der Waals surface area contributed by atoms with Crippen LogP contribution in [0.5, 0.6) is 0 Å². The lowest BCUT2D eigenvalue weighted by molar-refractivity contribution is -0.896. The Morgan fingerprint density at radius 1 is 1.30 bits per heavy atom. The molecule has 6 heteroatoms. The summed E-state index contributed by atoms with van der Waals surface area (Å²) in [5, 5.41) is 12.9. The number of nitrogens with zero attached hydrogens (tertiary/aromatic N) is 2. The number of nitriles is 1. The van der Waals surface area contributed by atoms with Gasteiger partial charge in [-0.15, -0.1) is 0 Å². The molecule has 0 saturated carbocycles. The van der Waals surface area contributed by atoms with Crippen molar-refractivity contribution in [2.45, 2.75) is 20.3 Å². The van der Waals surface area contributed by atoms with E-state index in [2.05, 4.69) is 30.2 Å². The van der Waals surface area contributed by atoms with E-state index in [1.165, 1.54) is 0 Å². The summed E-state index contributed by atoms with van der Waals surface area (Å²) in [5.41, 5.74) is 0.946. The van der Waals surface area contributed by atoms with Crippen LogP contribution in [0.25, 0.3) is 11.5 Å². The zero-order chi connectivity index (χ0) is 16.7. The first-order chi connectivity index (χ1) is 11.2. The standard InChI is InChI=1S/C17H21ClN4O/c1-3-22(4-2)11-7-10-20-17-15(12-19)21-16(23-17)13-8-5-6-9-14(13)18/h5-6,8-9,20H,3-4,7,10-11H2,1-2H3/p+1. The normalized spacial score (nSPS) is 10.7. The van der Waals surface area contributed by atoms with Gasteiger partial charge >= 0.3 is 0 Å². The van der Waals surface area contributed by atoms with E-state index in [0.29, 0.717) is 22.4 Å². The second-order valence-electron chi connectivity index (χ2n) is 5.28. The van der Waals surface area contributed by atoms with Gasteiger partial charge in [-0.05, 0) is 26.0 Å². The van der Waals surface area contributed by atoms with Crippen molar-refractivity contribution in [2.75, 3.05) is 31.5 Å². The maximum absolute atomic E-state index is 9.22. The van der Waals surface area contributed by atoms with Crippen molar-refractivity contribution in [3.63, 3.8) is 0 Å². The Hall–Kier alpha value is -2.03. The molecule has 2 aromatic rings. The van der Waals surface area contributed by atoms with Crippen molar-refractivity contribution in [1.82, 2.24) is 4.98 Å². The molecule has 0 fully saturated rings. The molecule has 23 heavy (non-hydrogen) atoms. The lowest BCUT2D eigenvalue weighted by Gasteiger charge is -2.14. The molecule has 1 aromatic heterocycles. The van der Waals surface area contributed by atoms with Gasteiger partial charge in [-0.25, -0.2) is 0 Å². The number of rotatable bonds is 8. The second-order valence-corrected chi connectivity index (χ2v) is 5.68. The highest BCUT2D eigenvalue weighted by atomic mass is 35.5. The van der Waals surface area contributed by atoms with Gasteiger partial charge in [0.1, 0.15) is 6.07 Å². The van der Waals surface area contributed by atoms with Gasteiger partial charge in [0.15, 0.2) is 0 Å². The smallest absolute Gasteiger partial charge is 0.232 e. The van der Waals surface area contributed by atoms with E-state index in [0.717, 1.165) is 32.6 Å². The molecule has 0 atom stereocenters. The first-order valence-corrected chi connectivity index (χ1v) is 8.30. The number of hydrogen-bond donors (Lipinski definition) is 2. The van der Waals surface area contributed by atoms with Crippen LogP contribution in [0.1, 0.15) is 26.0 Å². The van der Waals surface area contributed by atoms with Gasteiger partial charge in [0, 0.05) is 13.0 Å². The van der Waals surface area contributed by atoms with E-state index >= 15 is 0 Å². The minimum atomic E-state index is 0.259. The number of anilines is 1. The van der Waals surface area contributed by atoms with Crippen LogP contribution in [0.4, 0.5) is 5.88 Å². The molecule has 0 unspecified atom stereocenters. The fourth-order valence-corrected chi connectivity index (χ4v) is 2.63. The molecule has 0 spiro atoms. The van der Waals surface area contributed by atoms with E-state index < -0.39 is 0 Å². The highest BCUT2D eigenvalue weighted by Gasteiger charge is 2.16. The number of nitrogens with one attached hydrogen (secondary N) is 2. The number of halogens is 1. The number of benzene rings is 1. The lowest BCUT2D eigenvalue weighted by Crippen LogP contribution is -3.11. The van der Waals surface area contributed by atoms with Gasteiger partial charge in [0.25, 0.3) is 0 Å². The van der Waals surface area contributed by atoms with Crippen molar-refractivity contribution < 1.29 is 9.32 Å². The van der Waals surface area contributed by atoms with E-state index in [1.807, 2.05) is 18.2 Å². The van der Waals surface area contributed by atoms with Crippen LogP contribution in [0.2, 0.25) is 5.02 Å². The largest absolute Gasteiger partial charge is 0.419 e. The van der Waals surface area contributed by atoms with Crippen LogP contribution in [-0.2, 0) is 0 Å². The quantitative estimate of drug-likeness (QED) is 0.729. The van der Waals surface area contributed by atoms with Crippen LogP contribution in [0, 0.1) is 11.3 Å².